The number of benzene rings is 2. The second kappa shape index (κ2) is 17.4. The summed E-state index contributed by atoms with van der Waals surface area (Å²) in [7, 11) is 0. The zero-order valence-corrected chi connectivity index (χ0v) is 36.4. The van der Waals surface area contributed by atoms with E-state index >= 15 is 0 Å². The summed E-state index contributed by atoms with van der Waals surface area (Å²) in [6, 6.07) is 0. The molecule has 3 heterocycles. The number of aliphatic hydroxyl groups excluding tert-OH is 1. The van der Waals surface area contributed by atoms with Crippen LogP contribution in [0.5, 0.6) is 17.2 Å². The second-order valence-corrected chi connectivity index (χ2v) is 17.8. The third-order valence-corrected chi connectivity index (χ3v) is 12.0. The van der Waals surface area contributed by atoms with Crippen LogP contribution in [-0.4, -0.2) is 81.2 Å². The largest absolute Gasteiger partial charge is 0.507 e. The van der Waals surface area contributed by atoms with E-state index in [0.29, 0.717) is 36.7 Å². The SMILES string of the molecule is C/C=C(/C)C(=O)Nc1c(O)c2c(O)c(C)c3c(c2c2c1=NC1(CCN(CC(C)C)CC1)N=2)C(=O)[C@@](C)(O/C=C/C[C@@H](C)[C@@H](OC(C)=O)[C@H](C)[C@H](O)[C@H](C)CC(C)C)O3. The predicted molar refractivity (Wildman–Crippen MR) is 222 cm³/mol. The highest BCUT2D eigenvalue weighted by atomic mass is 16.7. The Morgan fingerprint density at radius 1 is 0.966 bits per heavy atom. The van der Waals surface area contributed by atoms with Crippen LogP contribution in [0, 0.1) is 36.5 Å². The topological polar surface area (TPSA) is 180 Å². The third kappa shape index (κ3) is 8.76. The van der Waals surface area contributed by atoms with Crippen molar-refractivity contribution in [1.82, 2.24) is 4.90 Å². The average Bonchev–Trinajstić information content (AvgIpc) is 3.66. The van der Waals surface area contributed by atoms with Crippen LogP contribution in [0.25, 0.3) is 10.8 Å². The van der Waals surface area contributed by atoms with Crippen molar-refractivity contribution < 1.29 is 43.9 Å². The fourth-order valence-corrected chi connectivity index (χ4v) is 8.74. The van der Waals surface area contributed by atoms with Crippen molar-refractivity contribution in [3.63, 3.8) is 0 Å². The van der Waals surface area contributed by atoms with Gasteiger partial charge in [-0.15, -0.1) is 0 Å². The summed E-state index contributed by atoms with van der Waals surface area (Å²) >= 11 is 0. The fraction of sp³-hybridized carbons (Fsp3) is 0.622. The molecule has 1 saturated heterocycles. The number of carbonyl (C=O) groups is 3. The lowest BCUT2D eigenvalue weighted by Crippen LogP contribution is -2.43. The van der Waals surface area contributed by atoms with Gasteiger partial charge in [0.2, 0.25) is 0 Å². The number of phenolic OH excluding ortho intramolecular Hbond substituents is 2. The van der Waals surface area contributed by atoms with Crippen LogP contribution in [0.3, 0.4) is 0 Å². The van der Waals surface area contributed by atoms with E-state index in [1.807, 2.05) is 20.8 Å². The minimum absolute atomic E-state index is 0.0101. The van der Waals surface area contributed by atoms with Gasteiger partial charge < -0.3 is 39.7 Å². The number of hydrogen-bond acceptors (Lipinski definition) is 12. The second-order valence-electron chi connectivity index (χ2n) is 17.8. The standard InChI is InChI=1S/C45H64N4O9/c1-13-25(6)43(55)46-36-35-34(47-45(48-35)16-18-49(19-17-45)22-24(4)5)31-32(39(36)53)38(52)29(10)41-33(31)42(54)44(12,58-41)56-20-14-15-26(7)40(57-30(11)50)28(9)37(51)27(8)21-23(2)3/h13-14,20,23-24,26-28,37,40,51-53H,15-19,21-22H2,1-12H3,(H,46,55)/b20-14+,25-13-/t26-,27-,28-,37-,40-,44+/m1/s1. The molecule has 13 nitrogen and oxygen atoms in total. The van der Waals surface area contributed by atoms with Crippen LogP contribution < -0.4 is 20.8 Å². The highest BCUT2D eigenvalue weighted by Crippen LogP contribution is 2.50. The normalized spacial score (nSPS) is 21.6. The van der Waals surface area contributed by atoms with Gasteiger partial charge in [-0.05, 0) is 63.4 Å². The van der Waals surface area contributed by atoms with Gasteiger partial charge in [0, 0.05) is 68.8 Å². The highest BCUT2D eigenvalue weighted by Gasteiger charge is 2.50. The minimum atomic E-state index is -1.85. The van der Waals surface area contributed by atoms with Gasteiger partial charge in [-0.25, -0.2) is 0 Å². The maximum atomic E-state index is 14.6. The molecule has 0 unspecified atom stereocenters. The quantitative estimate of drug-likeness (QED) is 0.0662. The van der Waals surface area contributed by atoms with Gasteiger partial charge in [-0.2, -0.15) is 0 Å². The molecule has 4 N–H and O–H groups in total. The molecule has 1 fully saturated rings. The van der Waals surface area contributed by atoms with Crippen LogP contribution in [0.4, 0.5) is 5.69 Å². The number of ketones is 1. The van der Waals surface area contributed by atoms with Gasteiger partial charge >= 0.3 is 11.8 Å². The molecule has 1 spiro atoms. The first-order valence-corrected chi connectivity index (χ1v) is 20.8. The molecule has 3 aliphatic heterocycles. The van der Waals surface area contributed by atoms with Crippen LogP contribution in [0.2, 0.25) is 0 Å². The van der Waals surface area contributed by atoms with Gasteiger partial charge in [0.15, 0.2) is 11.4 Å². The van der Waals surface area contributed by atoms with Crippen LogP contribution in [0.15, 0.2) is 34.0 Å². The number of amides is 1. The summed E-state index contributed by atoms with van der Waals surface area (Å²) in [5.74, 6) is -3.59. The molecule has 58 heavy (non-hydrogen) atoms. The lowest BCUT2D eigenvalue weighted by molar-refractivity contribution is -0.156. The molecule has 6 atom stereocenters. The number of aliphatic hydroxyl groups is 1. The Labute approximate surface area is 342 Å². The number of likely N-dealkylation sites (tertiary alicyclic amines) is 1. The number of ether oxygens (including phenoxy) is 3. The number of phenols is 2. The molecule has 2 aromatic carbocycles. The molecular formula is C45H64N4O9. The molecule has 318 valence electrons. The number of anilines is 1. The Bertz CT molecular complexity index is 2120. The zero-order chi connectivity index (χ0) is 43.0. The Morgan fingerprint density at radius 2 is 1.60 bits per heavy atom. The molecule has 13 heteroatoms. The van der Waals surface area contributed by atoms with E-state index in [0.717, 1.165) is 26.1 Å². The number of aromatic hydroxyl groups is 2. The molecule has 0 radical (unpaired) electrons. The number of esters is 1. The molecule has 5 rings (SSSR count). The average molecular weight is 805 g/mol. The van der Waals surface area contributed by atoms with E-state index < -0.39 is 47.1 Å². The maximum Gasteiger partial charge on any atom is 0.312 e. The summed E-state index contributed by atoms with van der Waals surface area (Å²) in [6.45, 7) is 24.6. The Hall–Kier alpha value is -4.49. The first-order chi connectivity index (χ1) is 27.1. The van der Waals surface area contributed by atoms with Gasteiger partial charge in [-0.1, -0.05) is 54.5 Å². The molecule has 1 amide bonds. The monoisotopic (exact) mass is 804 g/mol. The first-order valence-electron chi connectivity index (χ1n) is 20.8. The van der Waals surface area contributed by atoms with Crippen molar-refractivity contribution in [2.75, 3.05) is 25.0 Å². The van der Waals surface area contributed by atoms with Crippen molar-refractivity contribution in [3.8, 4) is 17.2 Å². The Balaban J connectivity index is 1.51. The Kier molecular flexibility index (Phi) is 13.4. The summed E-state index contributed by atoms with van der Waals surface area (Å²) in [6.07, 6.45) is 5.90. The van der Waals surface area contributed by atoms with E-state index in [2.05, 4.69) is 37.9 Å². The molecular weight excluding hydrogens is 741 g/mol. The molecule has 2 aromatic rings. The number of nitrogens with zero attached hydrogens (tertiary/aromatic N) is 3. The number of hydrogen-bond donors (Lipinski definition) is 4. The molecule has 0 aliphatic carbocycles. The first kappa shape index (κ1) is 44.6. The van der Waals surface area contributed by atoms with Crippen molar-refractivity contribution in [2.45, 2.75) is 132 Å². The van der Waals surface area contributed by atoms with Crippen LogP contribution in [0.1, 0.15) is 118 Å². The van der Waals surface area contributed by atoms with Gasteiger partial charge in [-0.3, -0.25) is 24.4 Å². The number of Topliss-reactive ketones (excluding diaryl/α,β-unsaturated/α-hetero) is 1. The van der Waals surface area contributed by atoms with Crippen molar-refractivity contribution in [1.29, 1.82) is 0 Å². The number of allylic oxidation sites excluding steroid dienone is 2. The summed E-state index contributed by atoms with van der Waals surface area (Å²) in [5, 5.41) is 38.3. The van der Waals surface area contributed by atoms with E-state index in [4.69, 9.17) is 24.2 Å². The predicted octanol–water partition coefficient (Wildman–Crippen LogP) is 6.62. The zero-order valence-electron chi connectivity index (χ0n) is 36.4. The molecule has 3 aliphatic rings. The molecule has 0 saturated carbocycles. The summed E-state index contributed by atoms with van der Waals surface area (Å²) in [4.78, 5) is 52.6. The van der Waals surface area contributed by atoms with Crippen LogP contribution >= 0.6 is 0 Å². The number of rotatable bonds is 15. The van der Waals surface area contributed by atoms with Crippen molar-refractivity contribution in [2.24, 2.45) is 39.6 Å². The van der Waals surface area contributed by atoms with Gasteiger partial charge in [0.25, 0.3) is 11.7 Å². The summed E-state index contributed by atoms with van der Waals surface area (Å²) < 4.78 is 18.1. The molecule has 0 bridgehead atoms. The van der Waals surface area contributed by atoms with Gasteiger partial charge in [0.1, 0.15) is 28.6 Å². The lowest BCUT2D eigenvalue weighted by atomic mass is 9.80. The van der Waals surface area contributed by atoms with E-state index in [1.165, 1.54) is 20.1 Å². The minimum Gasteiger partial charge on any atom is -0.507 e. The third-order valence-electron chi connectivity index (χ3n) is 12.0. The number of nitrogens with one attached hydrogen (secondary N) is 1. The van der Waals surface area contributed by atoms with Crippen molar-refractivity contribution in [3.05, 3.63) is 45.8 Å². The number of piperidine rings is 1. The molecule has 0 aromatic heterocycles. The lowest BCUT2D eigenvalue weighted by Gasteiger charge is -2.36. The highest BCUT2D eigenvalue weighted by molar-refractivity contribution is 6.19. The summed E-state index contributed by atoms with van der Waals surface area (Å²) in [5.41, 5.74) is -0.180. The van der Waals surface area contributed by atoms with Crippen molar-refractivity contribution >= 4 is 34.1 Å². The Morgan fingerprint density at radius 3 is 2.19 bits per heavy atom. The van der Waals surface area contributed by atoms with E-state index in [1.54, 1.807) is 32.9 Å². The smallest absolute Gasteiger partial charge is 0.312 e. The maximum absolute atomic E-state index is 14.6. The fourth-order valence-electron chi connectivity index (χ4n) is 8.74. The van der Waals surface area contributed by atoms with E-state index in [-0.39, 0.29) is 67.6 Å². The number of fused-ring (bicyclic) bond motifs is 5. The number of carbonyl (C=O) groups excluding carboxylic acids is 3. The van der Waals surface area contributed by atoms with E-state index in [9.17, 15) is 29.7 Å². The van der Waals surface area contributed by atoms with Crippen LogP contribution in [-0.2, 0) is 19.1 Å². The van der Waals surface area contributed by atoms with Gasteiger partial charge in [0.05, 0.1) is 28.7 Å².